The number of esters is 1. The molecule has 2 aromatic heterocycles. The zero-order valence-corrected chi connectivity index (χ0v) is 15.7. The number of fused-ring (bicyclic) bond motifs is 1. The van der Waals surface area contributed by atoms with Gasteiger partial charge in [-0.2, -0.15) is 0 Å². The van der Waals surface area contributed by atoms with E-state index in [0.29, 0.717) is 32.5 Å². The van der Waals surface area contributed by atoms with Crippen LogP contribution >= 0.6 is 0 Å². The third kappa shape index (κ3) is 3.83. The number of aromatic nitrogens is 2. The van der Waals surface area contributed by atoms with Gasteiger partial charge in [0.05, 0.1) is 18.2 Å². The van der Waals surface area contributed by atoms with Gasteiger partial charge < -0.3 is 15.4 Å². The molecule has 146 valence electrons. The predicted molar refractivity (Wildman–Crippen MR) is 104 cm³/mol. The second-order valence-electron chi connectivity index (χ2n) is 7.42. The molecule has 1 aliphatic heterocycles. The Kier molecular flexibility index (Phi) is 5.23. The molecule has 2 aliphatic rings. The Hall–Kier alpha value is -2.96. The summed E-state index contributed by atoms with van der Waals surface area (Å²) in [5.74, 6) is 0.170. The van der Waals surface area contributed by atoms with Crippen LogP contribution in [-0.4, -0.2) is 41.5 Å². The van der Waals surface area contributed by atoms with Crippen LogP contribution in [0.15, 0.2) is 36.5 Å². The van der Waals surface area contributed by atoms with Crippen molar-refractivity contribution in [2.75, 3.05) is 24.6 Å². The summed E-state index contributed by atoms with van der Waals surface area (Å²) < 4.78 is 5.64. The fraction of sp³-hybridized carbons (Fsp3) is 0.429. The van der Waals surface area contributed by atoms with E-state index in [1.165, 1.54) is 5.56 Å². The molecular formula is C21H24N4O3. The van der Waals surface area contributed by atoms with Gasteiger partial charge in [0.2, 0.25) is 0 Å². The first-order valence-corrected chi connectivity index (χ1v) is 9.74. The molecule has 1 aliphatic carbocycles. The van der Waals surface area contributed by atoms with Crippen molar-refractivity contribution in [1.29, 1.82) is 0 Å². The van der Waals surface area contributed by atoms with E-state index in [1.807, 2.05) is 12.1 Å². The Labute approximate surface area is 163 Å². The molecule has 1 saturated heterocycles. The van der Waals surface area contributed by atoms with Gasteiger partial charge in [-0.3, -0.25) is 14.6 Å². The summed E-state index contributed by atoms with van der Waals surface area (Å²) in [6.45, 7) is 1.80. The maximum absolute atomic E-state index is 12.5. The van der Waals surface area contributed by atoms with Gasteiger partial charge in [0, 0.05) is 25.2 Å². The summed E-state index contributed by atoms with van der Waals surface area (Å²) >= 11 is 0. The highest BCUT2D eigenvalue weighted by molar-refractivity contribution is 5.91. The minimum atomic E-state index is -0.539. The number of amides is 1. The van der Waals surface area contributed by atoms with Crippen LogP contribution in [0.4, 0.5) is 5.82 Å². The number of hydrogen-bond acceptors (Lipinski definition) is 6. The molecule has 0 spiro atoms. The van der Waals surface area contributed by atoms with Gasteiger partial charge in [0.1, 0.15) is 11.5 Å². The zero-order chi connectivity index (χ0) is 19.5. The molecule has 4 rings (SSSR count). The molecule has 0 saturated carbocycles. The molecule has 7 heteroatoms. The van der Waals surface area contributed by atoms with E-state index in [-0.39, 0.29) is 23.5 Å². The minimum Gasteiger partial charge on any atom is -0.465 e. The second-order valence-corrected chi connectivity index (χ2v) is 7.42. The maximum Gasteiger partial charge on any atom is 0.309 e. The van der Waals surface area contributed by atoms with E-state index in [2.05, 4.69) is 20.9 Å². The van der Waals surface area contributed by atoms with Crippen molar-refractivity contribution in [1.82, 2.24) is 9.97 Å². The second kappa shape index (κ2) is 7.96. The van der Waals surface area contributed by atoms with E-state index in [9.17, 15) is 9.59 Å². The first-order valence-electron chi connectivity index (χ1n) is 9.74. The molecule has 28 heavy (non-hydrogen) atoms. The Morgan fingerprint density at radius 1 is 1.14 bits per heavy atom. The van der Waals surface area contributed by atoms with Crippen molar-refractivity contribution in [2.24, 2.45) is 11.7 Å². The number of pyridine rings is 2. The molecule has 1 atom stereocenters. The summed E-state index contributed by atoms with van der Waals surface area (Å²) in [5.41, 5.74) is 7.90. The monoisotopic (exact) mass is 380 g/mol. The number of carbonyl (C=O) groups is 2. The molecule has 1 fully saturated rings. The Balaban J connectivity index is 1.29. The van der Waals surface area contributed by atoms with Crippen molar-refractivity contribution in [3.63, 3.8) is 0 Å². The zero-order valence-electron chi connectivity index (χ0n) is 15.7. The van der Waals surface area contributed by atoms with Gasteiger partial charge in [-0.15, -0.1) is 0 Å². The Bertz CT molecular complexity index is 877. The van der Waals surface area contributed by atoms with Crippen molar-refractivity contribution >= 4 is 17.7 Å². The maximum atomic E-state index is 12.5. The fourth-order valence-corrected chi connectivity index (χ4v) is 4.04. The number of carbonyl (C=O) groups excluding carboxylic acids is 2. The smallest absolute Gasteiger partial charge is 0.309 e. The van der Waals surface area contributed by atoms with Crippen molar-refractivity contribution in [3.8, 4) is 0 Å². The summed E-state index contributed by atoms with van der Waals surface area (Å²) in [5, 5.41) is 0. The molecule has 0 aromatic carbocycles. The molecule has 2 aromatic rings. The molecule has 1 unspecified atom stereocenters. The van der Waals surface area contributed by atoms with Crippen LogP contribution in [0.2, 0.25) is 0 Å². The molecule has 7 nitrogen and oxygen atoms in total. The van der Waals surface area contributed by atoms with E-state index in [4.69, 9.17) is 10.5 Å². The lowest BCUT2D eigenvalue weighted by atomic mass is 9.97. The lowest BCUT2D eigenvalue weighted by molar-refractivity contribution is -0.149. The summed E-state index contributed by atoms with van der Waals surface area (Å²) in [6.07, 6.45) is 5.21. The number of rotatable bonds is 5. The van der Waals surface area contributed by atoms with Crippen LogP contribution < -0.4 is 10.6 Å². The number of nitrogens with two attached hydrogens (primary N) is 1. The average molecular weight is 380 g/mol. The third-order valence-corrected chi connectivity index (χ3v) is 5.64. The molecular weight excluding hydrogens is 356 g/mol. The van der Waals surface area contributed by atoms with Crippen molar-refractivity contribution < 1.29 is 14.3 Å². The van der Waals surface area contributed by atoms with Crippen LogP contribution in [0, 0.1) is 5.92 Å². The molecule has 0 bridgehead atoms. The molecule has 2 N–H and O–H groups in total. The highest BCUT2D eigenvalue weighted by Crippen LogP contribution is 2.31. The number of primary amides is 1. The SMILES string of the molecule is NC(=O)c1cccc(N2CCC(C(=O)OCC3CCc4cccnc43)CC2)n1. The van der Waals surface area contributed by atoms with E-state index < -0.39 is 5.91 Å². The number of hydrogen-bond donors (Lipinski definition) is 1. The van der Waals surface area contributed by atoms with Gasteiger partial charge >= 0.3 is 5.97 Å². The van der Waals surface area contributed by atoms with Crippen molar-refractivity contribution in [2.45, 2.75) is 31.6 Å². The van der Waals surface area contributed by atoms with Crippen LogP contribution in [0.5, 0.6) is 0 Å². The summed E-state index contributed by atoms with van der Waals surface area (Å²) in [7, 11) is 0. The average Bonchev–Trinajstić information content (AvgIpc) is 3.15. The number of piperidine rings is 1. The lowest BCUT2D eigenvalue weighted by Gasteiger charge is -2.32. The summed E-state index contributed by atoms with van der Waals surface area (Å²) in [6, 6.07) is 9.29. The number of aryl methyl sites for hydroxylation is 1. The predicted octanol–water partition coefficient (Wildman–Crippen LogP) is 2.07. The highest BCUT2D eigenvalue weighted by atomic mass is 16.5. The fourth-order valence-electron chi connectivity index (χ4n) is 4.04. The van der Waals surface area contributed by atoms with Crippen molar-refractivity contribution in [3.05, 3.63) is 53.5 Å². The van der Waals surface area contributed by atoms with Gasteiger partial charge in [0.15, 0.2) is 0 Å². The number of anilines is 1. The van der Waals surface area contributed by atoms with Gasteiger partial charge in [-0.05, 0) is 49.4 Å². The molecule has 1 amide bonds. The van der Waals surface area contributed by atoms with Crippen LogP contribution in [0.3, 0.4) is 0 Å². The Morgan fingerprint density at radius 3 is 2.75 bits per heavy atom. The van der Waals surface area contributed by atoms with Crippen LogP contribution in [0.25, 0.3) is 0 Å². The van der Waals surface area contributed by atoms with E-state index in [0.717, 1.165) is 24.4 Å². The van der Waals surface area contributed by atoms with Crippen LogP contribution in [-0.2, 0) is 16.0 Å². The standard InChI is InChI=1S/C21H24N4O3/c22-20(26)17-4-1-5-18(24-17)25-11-8-15(9-12-25)21(27)28-13-16-7-6-14-3-2-10-23-19(14)16/h1-5,10,15-16H,6-9,11-13H2,(H2,22,26). The summed E-state index contributed by atoms with van der Waals surface area (Å²) in [4.78, 5) is 34.7. The third-order valence-electron chi connectivity index (χ3n) is 5.64. The first kappa shape index (κ1) is 18.4. The minimum absolute atomic E-state index is 0.0971. The number of nitrogens with zero attached hydrogens (tertiary/aromatic N) is 3. The Morgan fingerprint density at radius 2 is 1.96 bits per heavy atom. The lowest BCUT2D eigenvalue weighted by Crippen LogP contribution is -2.37. The quantitative estimate of drug-likeness (QED) is 0.798. The molecule has 3 heterocycles. The van der Waals surface area contributed by atoms with Crippen LogP contribution in [0.1, 0.15) is 46.9 Å². The highest BCUT2D eigenvalue weighted by Gasteiger charge is 2.29. The van der Waals surface area contributed by atoms with E-state index in [1.54, 1.807) is 18.3 Å². The first-order chi connectivity index (χ1) is 13.6. The van der Waals surface area contributed by atoms with E-state index >= 15 is 0 Å². The topological polar surface area (TPSA) is 98.4 Å². The number of ether oxygens (including phenoxy) is 1. The van der Waals surface area contributed by atoms with Gasteiger partial charge in [0.25, 0.3) is 5.91 Å². The van der Waals surface area contributed by atoms with Gasteiger partial charge in [-0.25, -0.2) is 4.98 Å². The normalized spacial score (nSPS) is 19.3. The van der Waals surface area contributed by atoms with Gasteiger partial charge in [-0.1, -0.05) is 12.1 Å². The largest absolute Gasteiger partial charge is 0.465 e. The molecule has 0 radical (unpaired) electrons.